The molecule has 2 saturated heterocycles. The second-order valence-electron chi connectivity index (χ2n) is 8.34. The first-order chi connectivity index (χ1) is 15.1. The average molecular weight is 435 g/mol. The van der Waals surface area contributed by atoms with Crippen LogP contribution >= 0.6 is 11.3 Å². The molecule has 31 heavy (non-hydrogen) atoms. The first-order valence-corrected chi connectivity index (χ1v) is 11.5. The van der Waals surface area contributed by atoms with Crippen LogP contribution < -0.4 is 0 Å². The fraction of sp³-hybridized carbons (Fsp3) is 0.375. The topological polar surface area (TPSA) is 58.6 Å². The molecule has 5 heterocycles. The van der Waals surface area contributed by atoms with Crippen LogP contribution in [0.3, 0.4) is 0 Å². The second kappa shape index (κ2) is 8.49. The largest absolute Gasteiger partial charge is 0.361 e. The van der Waals surface area contributed by atoms with E-state index in [-0.39, 0.29) is 11.8 Å². The Hall–Kier alpha value is -2.61. The van der Waals surface area contributed by atoms with Crippen molar-refractivity contribution in [1.29, 1.82) is 0 Å². The number of carbonyl (C=O) groups excluding carboxylic acids is 1. The van der Waals surface area contributed by atoms with Crippen molar-refractivity contribution in [3.8, 4) is 0 Å². The fourth-order valence-electron chi connectivity index (χ4n) is 4.77. The van der Waals surface area contributed by atoms with Gasteiger partial charge >= 0.3 is 0 Å². The Bertz CT molecular complexity index is 1040. The Kier molecular flexibility index (Phi) is 5.56. The quantitative estimate of drug-likeness (QED) is 0.617. The molecule has 0 radical (unpaired) electrons. The highest BCUT2D eigenvalue weighted by Crippen LogP contribution is 2.42. The zero-order chi connectivity index (χ0) is 21.3. The van der Waals surface area contributed by atoms with Crippen LogP contribution in [-0.2, 0) is 22.6 Å². The van der Waals surface area contributed by atoms with Crippen molar-refractivity contribution in [2.75, 3.05) is 26.2 Å². The molecule has 0 N–H and O–H groups in total. The van der Waals surface area contributed by atoms with Crippen LogP contribution in [0.2, 0.25) is 0 Å². The molecule has 3 aromatic rings. The maximum Gasteiger partial charge on any atom is 0.257 e. The van der Waals surface area contributed by atoms with E-state index in [0.29, 0.717) is 26.2 Å². The molecular formula is C24H26N4O2S. The van der Waals surface area contributed by atoms with E-state index in [9.17, 15) is 4.79 Å². The van der Waals surface area contributed by atoms with Gasteiger partial charge in [-0.05, 0) is 48.4 Å². The fourth-order valence-corrected chi connectivity index (χ4v) is 5.70. The lowest BCUT2D eigenvalue weighted by Crippen LogP contribution is -2.59. The zero-order valence-electron chi connectivity index (χ0n) is 17.6. The number of aromatic nitrogens is 2. The number of amides is 1. The molecule has 0 aliphatic carbocycles. The van der Waals surface area contributed by atoms with E-state index >= 15 is 0 Å². The van der Waals surface area contributed by atoms with Crippen molar-refractivity contribution >= 4 is 17.2 Å². The Balaban J connectivity index is 1.44. The Labute approximate surface area is 186 Å². The van der Waals surface area contributed by atoms with Gasteiger partial charge in [0.1, 0.15) is 0 Å². The van der Waals surface area contributed by atoms with E-state index < -0.39 is 5.60 Å². The number of rotatable bonds is 5. The molecule has 5 rings (SSSR count). The lowest BCUT2D eigenvalue weighted by molar-refractivity contribution is -0.173. The molecule has 1 spiro atoms. The SMILES string of the molecule is Cc1ccc(CN2C[C@@H](c3cccnc3)[C@]3(C2)OCCN(Cc2ccncc2)C3=O)s1. The lowest BCUT2D eigenvalue weighted by Gasteiger charge is -2.42. The van der Waals surface area contributed by atoms with E-state index in [1.54, 1.807) is 18.6 Å². The van der Waals surface area contributed by atoms with E-state index in [2.05, 4.69) is 40.0 Å². The highest BCUT2D eigenvalue weighted by atomic mass is 32.1. The van der Waals surface area contributed by atoms with Gasteiger partial charge in [0, 0.05) is 73.2 Å². The predicted molar refractivity (Wildman–Crippen MR) is 120 cm³/mol. The number of hydrogen-bond acceptors (Lipinski definition) is 6. The number of nitrogens with zero attached hydrogens (tertiary/aromatic N) is 4. The van der Waals surface area contributed by atoms with Gasteiger partial charge in [-0.1, -0.05) is 6.07 Å². The minimum atomic E-state index is -0.874. The summed E-state index contributed by atoms with van der Waals surface area (Å²) in [6, 6.07) is 12.3. The number of pyridine rings is 2. The third-order valence-corrected chi connectivity index (χ3v) is 7.20. The van der Waals surface area contributed by atoms with Crippen molar-refractivity contribution in [2.45, 2.75) is 31.5 Å². The number of ether oxygens (including phenoxy) is 1. The van der Waals surface area contributed by atoms with Crippen LogP contribution in [0, 0.1) is 6.92 Å². The summed E-state index contributed by atoms with van der Waals surface area (Å²) >= 11 is 1.81. The maximum absolute atomic E-state index is 13.9. The normalized spacial score (nSPS) is 24.2. The molecule has 3 aromatic heterocycles. The smallest absolute Gasteiger partial charge is 0.257 e. The van der Waals surface area contributed by atoms with Crippen LogP contribution in [0.15, 0.2) is 61.2 Å². The number of morpholine rings is 1. The minimum absolute atomic E-state index is 0.0463. The summed E-state index contributed by atoms with van der Waals surface area (Å²) in [4.78, 5) is 29.2. The molecule has 0 saturated carbocycles. The van der Waals surface area contributed by atoms with Crippen LogP contribution in [0.4, 0.5) is 0 Å². The van der Waals surface area contributed by atoms with Crippen LogP contribution in [-0.4, -0.2) is 57.5 Å². The van der Waals surface area contributed by atoms with Crippen LogP contribution in [0.25, 0.3) is 0 Å². The average Bonchev–Trinajstić information content (AvgIpc) is 3.37. The van der Waals surface area contributed by atoms with Gasteiger partial charge in [0.15, 0.2) is 5.60 Å². The number of thiophene rings is 1. The summed E-state index contributed by atoms with van der Waals surface area (Å²) in [7, 11) is 0. The summed E-state index contributed by atoms with van der Waals surface area (Å²) in [5.41, 5.74) is 1.27. The van der Waals surface area contributed by atoms with Crippen LogP contribution in [0.1, 0.15) is 26.8 Å². The standard InChI is InChI=1S/C24H26N4O2S/c1-18-4-5-21(31-18)15-27-16-22(20-3-2-8-26-13-20)24(17-27)23(29)28(11-12-30-24)14-19-6-9-25-10-7-19/h2-10,13,22H,11-12,14-17H2,1H3/t22-,24-/m0/s1. The van der Waals surface area contributed by atoms with Crippen molar-refractivity contribution in [1.82, 2.24) is 19.8 Å². The summed E-state index contributed by atoms with van der Waals surface area (Å²) < 4.78 is 6.38. The van der Waals surface area contributed by atoms with Gasteiger partial charge in [0.25, 0.3) is 5.91 Å². The Morgan fingerprint density at radius 2 is 2.00 bits per heavy atom. The first-order valence-electron chi connectivity index (χ1n) is 10.6. The zero-order valence-corrected chi connectivity index (χ0v) is 18.4. The first kappa shape index (κ1) is 20.3. The number of carbonyl (C=O) groups is 1. The molecule has 0 unspecified atom stereocenters. The second-order valence-corrected chi connectivity index (χ2v) is 9.71. The van der Waals surface area contributed by atoms with Gasteiger partial charge in [-0.15, -0.1) is 11.3 Å². The molecule has 2 aliphatic rings. The highest BCUT2D eigenvalue weighted by Gasteiger charge is 2.57. The van der Waals surface area contributed by atoms with Crippen molar-refractivity contribution in [3.05, 3.63) is 82.1 Å². The minimum Gasteiger partial charge on any atom is -0.361 e. The van der Waals surface area contributed by atoms with Gasteiger partial charge in [-0.2, -0.15) is 0 Å². The predicted octanol–water partition coefficient (Wildman–Crippen LogP) is 3.24. The third-order valence-electron chi connectivity index (χ3n) is 6.22. The maximum atomic E-state index is 13.9. The molecule has 0 bridgehead atoms. The molecule has 1 amide bonds. The third kappa shape index (κ3) is 4.01. The molecule has 0 aromatic carbocycles. The molecule has 2 atom stereocenters. The summed E-state index contributed by atoms with van der Waals surface area (Å²) in [6.07, 6.45) is 7.20. The van der Waals surface area contributed by atoms with Gasteiger partial charge < -0.3 is 9.64 Å². The lowest BCUT2D eigenvalue weighted by atomic mass is 9.83. The van der Waals surface area contributed by atoms with Crippen molar-refractivity contribution in [3.63, 3.8) is 0 Å². The molecule has 6 nitrogen and oxygen atoms in total. The number of aryl methyl sites for hydroxylation is 1. The summed E-state index contributed by atoms with van der Waals surface area (Å²) in [5, 5.41) is 0. The van der Waals surface area contributed by atoms with Gasteiger partial charge in [0.05, 0.1) is 6.61 Å². The molecule has 2 fully saturated rings. The van der Waals surface area contributed by atoms with E-state index in [1.807, 2.05) is 40.6 Å². The Morgan fingerprint density at radius 3 is 2.74 bits per heavy atom. The molecule has 160 valence electrons. The number of likely N-dealkylation sites (tertiary alicyclic amines) is 1. The highest BCUT2D eigenvalue weighted by molar-refractivity contribution is 7.11. The van der Waals surface area contributed by atoms with Crippen LogP contribution in [0.5, 0.6) is 0 Å². The van der Waals surface area contributed by atoms with Gasteiger partial charge in [0.2, 0.25) is 0 Å². The molecule has 7 heteroatoms. The van der Waals surface area contributed by atoms with Gasteiger partial charge in [-0.3, -0.25) is 19.7 Å². The van der Waals surface area contributed by atoms with Gasteiger partial charge in [-0.25, -0.2) is 0 Å². The van der Waals surface area contributed by atoms with E-state index in [1.165, 1.54) is 9.75 Å². The molecule has 2 aliphatic heterocycles. The van der Waals surface area contributed by atoms with Crippen molar-refractivity contribution < 1.29 is 9.53 Å². The Morgan fingerprint density at radius 1 is 1.13 bits per heavy atom. The summed E-state index contributed by atoms with van der Waals surface area (Å²) in [5.74, 6) is 0.0317. The van der Waals surface area contributed by atoms with E-state index in [4.69, 9.17) is 4.74 Å². The van der Waals surface area contributed by atoms with Crippen molar-refractivity contribution in [2.24, 2.45) is 0 Å². The number of hydrogen-bond donors (Lipinski definition) is 0. The monoisotopic (exact) mass is 434 g/mol. The summed E-state index contributed by atoms with van der Waals surface area (Å²) in [6.45, 7) is 6.05. The molecular weight excluding hydrogens is 408 g/mol. The van der Waals surface area contributed by atoms with E-state index in [0.717, 1.165) is 24.2 Å².